The summed E-state index contributed by atoms with van der Waals surface area (Å²) >= 11 is 0. The summed E-state index contributed by atoms with van der Waals surface area (Å²) in [7, 11) is 0. The smallest absolute Gasteiger partial charge is 0.339 e. The second-order valence-corrected chi connectivity index (χ2v) is 4.43. The van der Waals surface area contributed by atoms with Crippen LogP contribution in [0.2, 0.25) is 0 Å². The van der Waals surface area contributed by atoms with Crippen molar-refractivity contribution >= 4 is 17.9 Å². The number of primary amides is 1. The quantitative estimate of drug-likeness (QED) is 0.728. The summed E-state index contributed by atoms with van der Waals surface area (Å²) in [6.07, 6.45) is -1.17. The van der Waals surface area contributed by atoms with Crippen LogP contribution in [0.1, 0.15) is 31.1 Å². The van der Waals surface area contributed by atoms with Gasteiger partial charge in [0.25, 0.3) is 5.91 Å². The molecule has 3 amide bonds. The molecule has 0 saturated heterocycles. The number of esters is 1. The molecule has 1 rings (SSSR count). The number of hydrogen-bond acceptors (Lipinski definition) is 6. The van der Waals surface area contributed by atoms with Crippen molar-refractivity contribution in [3.05, 3.63) is 23.8 Å². The highest BCUT2D eigenvalue weighted by atomic mass is 16.5. The molecule has 23 heavy (non-hydrogen) atoms. The van der Waals surface area contributed by atoms with E-state index in [0.29, 0.717) is 24.7 Å². The molecule has 8 nitrogen and oxygen atoms in total. The fraction of sp³-hybridized carbons (Fsp3) is 0.400. The Kier molecular flexibility index (Phi) is 6.85. The molecule has 0 fully saturated rings. The van der Waals surface area contributed by atoms with Crippen molar-refractivity contribution in [1.82, 2.24) is 5.32 Å². The van der Waals surface area contributed by atoms with Crippen molar-refractivity contribution < 1.29 is 28.6 Å². The number of urea groups is 1. The molecule has 1 aromatic rings. The first-order valence-corrected chi connectivity index (χ1v) is 7.09. The largest absolute Gasteiger partial charge is 0.490 e. The summed E-state index contributed by atoms with van der Waals surface area (Å²) in [5.74, 6) is -0.633. The molecule has 0 unspecified atom stereocenters. The molecule has 0 aliphatic carbocycles. The SMILES string of the molecule is CCOc1ccc(C(=O)O[C@H](C)C(=O)NC(N)=O)cc1OCC. The maximum absolute atomic E-state index is 12.1. The molecule has 0 heterocycles. The van der Waals surface area contributed by atoms with E-state index < -0.39 is 24.0 Å². The van der Waals surface area contributed by atoms with Crippen LogP contribution < -0.4 is 20.5 Å². The molecule has 0 aliphatic heterocycles. The highest BCUT2D eigenvalue weighted by Gasteiger charge is 2.21. The average molecular weight is 324 g/mol. The van der Waals surface area contributed by atoms with Crippen LogP contribution in [0.15, 0.2) is 18.2 Å². The highest BCUT2D eigenvalue weighted by Crippen LogP contribution is 2.28. The fourth-order valence-electron chi connectivity index (χ4n) is 1.68. The third-order valence-electron chi connectivity index (χ3n) is 2.68. The monoisotopic (exact) mass is 324 g/mol. The van der Waals surface area contributed by atoms with E-state index in [4.69, 9.17) is 19.9 Å². The number of carbonyl (C=O) groups is 3. The number of nitrogens with one attached hydrogen (secondary N) is 1. The van der Waals surface area contributed by atoms with Crippen LogP contribution in [0, 0.1) is 0 Å². The van der Waals surface area contributed by atoms with Gasteiger partial charge in [-0.3, -0.25) is 10.1 Å². The number of rotatable bonds is 7. The number of benzene rings is 1. The zero-order valence-electron chi connectivity index (χ0n) is 13.3. The number of nitrogens with two attached hydrogens (primary N) is 1. The molecular weight excluding hydrogens is 304 g/mol. The van der Waals surface area contributed by atoms with Crippen LogP contribution in [0.25, 0.3) is 0 Å². The van der Waals surface area contributed by atoms with Gasteiger partial charge in [0.1, 0.15) is 0 Å². The maximum atomic E-state index is 12.1. The number of hydrogen-bond donors (Lipinski definition) is 2. The minimum absolute atomic E-state index is 0.190. The molecule has 8 heteroatoms. The summed E-state index contributed by atoms with van der Waals surface area (Å²) < 4.78 is 15.8. The van der Waals surface area contributed by atoms with Crippen molar-refractivity contribution in [2.24, 2.45) is 5.73 Å². The Morgan fingerprint density at radius 3 is 2.30 bits per heavy atom. The molecule has 0 radical (unpaired) electrons. The molecule has 0 aromatic heterocycles. The van der Waals surface area contributed by atoms with Gasteiger partial charge in [-0.2, -0.15) is 0 Å². The van der Waals surface area contributed by atoms with Gasteiger partial charge in [-0.15, -0.1) is 0 Å². The molecule has 0 bridgehead atoms. The van der Waals surface area contributed by atoms with Gasteiger partial charge in [-0.25, -0.2) is 9.59 Å². The van der Waals surface area contributed by atoms with Crippen LogP contribution >= 0.6 is 0 Å². The highest BCUT2D eigenvalue weighted by molar-refractivity contribution is 5.98. The second-order valence-electron chi connectivity index (χ2n) is 4.43. The zero-order chi connectivity index (χ0) is 17.4. The van der Waals surface area contributed by atoms with Crippen LogP contribution in [-0.4, -0.2) is 37.2 Å². The Labute approximate surface area is 133 Å². The predicted molar refractivity (Wildman–Crippen MR) is 81.4 cm³/mol. The van der Waals surface area contributed by atoms with E-state index in [1.807, 2.05) is 12.2 Å². The standard InChI is InChI=1S/C15H20N2O6/c1-4-21-11-7-6-10(8-12(11)22-5-2)14(19)23-9(3)13(18)17-15(16)20/h6-9H,4-5H2,1-3H3,(H3,16,17,18,20)/t9-/m1/s1. The Morgan fingerprint density at radius 1 is 1.13 bits per heavy atom. The van der Waals surface area contributed by atoms with Crippen molar-refractivity contribution in [2.75, 3.05) is 13.2 Å². The summed E-state index contributed by atoms with van der Waals surface area (Å²) in [5, 5.41) is 1.83. The molecule has 0 aliphatic rings. The predicted octanol–water partition coefficient (Wildman–Crippen LogP) is 1.22. The number of ether oxygens (including phenoxy) is 3. The van der Waals surface area contributed by atoms with Crippen molar-refractivity contribution in [2.45, 2.75) is 26.9 Å². The van der Waals surface area contributed by atoms with Gasteiger partial charge in [-0.05, 0) is 39.0 Å². The van der Waals surface area contributed by atoms with Gasteiger partial charge in [0.15, 0.2) is 17.6 Å². The first-order valence-electron chi connectivity index (χ1n) is 7.09. The van der Waals surface area contributed by atoms with E-state index in [9.17, 15) is 14.4 Å². The minimum Gasteiger partial charge on any atom is -0.490 e. The zero-order valence-corrected chi connectivity index (χ0v) is 13.3. The molecule has 3 N–H and O–H groups in total. The lowest BCUT2D eigenvalue weighted by molar-refractivity contribution is -0.127. The topological polar surface area (TPSA) is 117 Å². The van der Waals surface area contributed by atoms with Crippen LogP contribution in [0.5, 0.6) is 11.5 Å². The summed E-state index contributed by atoms with van der Waals surface area (Å²) in [5.41, 5.74) is 5.02. The van der Waals surface area contributed by atoms with Crippen LogP contribution in [0.3, 0.4) is 0 Å². The third kappa shape index (κ3) is 5.50. The van der Waals surface area contributed by atoms with Gasteiger partial charge < -0.3 is 19.9 Å². The summed E-state index contributed by atoms with van der Waals surface area (Å²) in [4.78, 5) is 34.2. The first kappa shape index (κ1) is 18.3. The normalized spacial score (nSPS) is 11.3. The fourth-order valence-corrected chi connectivity index (χ4v) is 1.68. The van der Waals surface area contributed by atoms with Crippen LogP contribution in [-0.2, 0) is 9.53 Å². The molecule has 126 valence electrons. The lowest BCUT2D eigenvalue weighted by Crippen LogP contribution is -2.42. The van der Waals surface area contributed by atoms with Gasteiger partial charge in [0.2, 0.25) is 0 Å². The molecule has 1 atom stereocenters. The van der Waals surface area contributed by atoms with E-state index in [-0.39, 0.29) is 5.56 Å². The van der Waals surface area contributed by atoms with Gasteiger partial charge in [0.05, 0.1) is 18.8 Å². The lowest BCUT2D eigenvalue weighted by Gasteiger charge is -2.14. The average Bonchev–Trinajstić information content (AvgIpc) is 2.48. The van der Waals surface area contributed by atoms with E-state index >= 15 is 0 Å². The Hall–Kier alpha value is -2.77. The third-order valence-corrected chi connectivity index (χ3v) is 2.68. The number of carbonyl (C=O) groups excluding carboxylic acids is 3. The summed E-state index contributed by atoms with van der Waals surface area (Å²) in [6.45, 7) is 5.81. The molecule has 0 spiro atoms. The first-order chi connectivity index (χ1) is 10.9. The molecular formula is C15H20N2O6. The number of amides is 3. The van der Waals surface area contributed by atoms with Crippen molar-refractivity contribution in [3.63, 3.8) is 0 Å². The van der Waals surface area contributed by atoms with E-state index in [1.54, 1.807) is 13.0 Å². The van der Waals surface area contributed by atoms with E-state index in [2.05, 4.69) is 0 Å². The summed E-state index contributed by atoms with van der Waals surface area (Å²) in [6, 6.07) is 3.53. The van der Waals surface area contributed by atoms with Crippen molar-refractivity contribution in [3.8, 4) is 11.5 Å². The number of imide groups is 1. The minimum atomic E-state index is -1.17. The van der Waals surface area contributed by atoms with E-state index in [1.165, 1.54) is 19.1 Å². The van der Waals surface area contributed by atoms with E-state index in [0.717, 1.165) is 0 Å². The van der Waals surface area contributed by atoms with Gasteiger partial charge >= 0.3 is 12.0 Å². The second kappa shape index (κ2) is 8.62. The molecule has 1 aromatic carbocycles. The molecule has 0 saturated carbocycles. The van der Waals surface area contributed by atoms with Crippen LogP contribution in [0.4, 0.5) is 4.79 Å². The Morgan fingerprint density at radius 2 is 1.74 bits per heavy atom. The van der Waals surface area contributed by atoms with Crippen molar-refractivity contribution in [1.29, 1.82) is 0 Å². The van der Waals surface area contributed by atoms with Gasteiger partial charge in [-0.1, -0.05) is 0 Å². The van der Waals surface area contributed by atoms with Gasteiger partial charge in [0, 0.05) is 0 Å². The Bertz CT molecular complexity index is 587. The maximum Gasteiger partial charge on any atom is 0.339 e. The lowest BCUT2D eigenvalue weighted by atomic mass is 10.2. The Balaban J connectivity index is 2.85.